The molecular weight excluding hydrogens is 525 g/mol. The Balaban J connectivity index is 1.62. The van der Waals surface area contributed by atoms with E-state index in [1.54, 1.807) is 55.5 Å². The number of hydrogen-bond acceptors (Lipinski definition) is 6. The Morgan fingerprint density at radius 3 is 2.44 bits per heavy atom. The molecule has 0 spiro atoms. The molecule has 210 valence electrons. The lowest BCUT2D eigenvalue weighted by molar-refractivity contribution is 0.0525. The number of rotatable bonds is 9. The number of pyridine rings is 1. The number of fused-ring (bicyclic) bond motifs is 1. The summed E-state index contributed by atoms with van der Waals surface area (Å²) in [7, 11) is 0. The molecule has 0 fully saturated rings. The highest BCUT2D eigenvalue weighted by molar-refractivity contribution is 6.11. The van der Waals surface area contributed by atoms with Crippen LogP contribution in [-0.2, 0) is 17.7 Å². The maximum Gasteiger partial charge on any atom is 0.340 e. The number of esters is 1. The second-order valence-corrected chi connectivity index (χ2v) is 10.1. The van der Waals surface area contributed by atoms with Crippen LogP contribution < -0.4 is 10.6 Å². The minimum absolute atomic E-state index is 0.0351. The van der Waals surface area contributed by atoms with Crippen molar-refractivity contribution < 1.29 is 27.9 Å². The monoisotopic (exact) mass is 555 g/mol. The predicted octanol–water partition coefficient (Wildman–Crippen LogP) is 5.62. The zero-order valence-corrected chi connectivity index (χ0v) is 23.0. The summed E-state index contributed by atoms with van der Waals surface area (Å²) in [4.78, 5) is 44.5. The first-order valence-corrected chi connectivity index (χ1v) is 13.5. The van der Waals surface area contributed by atoms with E-state index < -0.39 is 5.97 Å². The van der Waals surface area contributed by atoms with E-state index in [0.717, 1.165) is 5.56 Å². The van der Waals surface area contributed by atoms with Crippen LogP contribution in [0.15, 0.2) is 71.3 Å². The smallest absolute Gasteiger partial charge is 0.340 e. The molecule has 1 aliphatic heterocycles. The molecule has 2 N–H and O–H groups in total. The van der Waals surface area contributed by atoms with Gasteiger partial charge in [0.25, 0.3) is 11.8 Å². The van der Waals surface area contributed by atoms with Gasteiger partial charge in [-0.25, -0.2) is 9.18 Å². The number of hydrogen-bond donors (Lipinski definition) is 2. The van der Waals surface area contributed by atoms with Gasteiger partial charge in [0.2, 0.25) is 0 Å². The normalized spacial score (nSPS) is 14.1. The topological polar surface area (TPSA) is 111 Å². The quantitative estimate of drug-likeness (QED) is 0.260. The summed E-state index contributed by atoms with van der Waals surface area (Å²) in [5.74, 6) is -0.955. The van der Waals surface area contributed by atoms with Crippen LogP contribution >= 0.6 is 0 Å². The van der Waals surface area contributed by atoms with E-state index in [0.29, 0.717) is 39.4 Å². The number of furan rings is 1. The number of nitrogens with zero attached hydrogens (tertiary/aromatic N) is 1. The molecule has 41 heavy (non-hydrogen) atoms. The van der Waals surface area contributed by atoms with Crippen molar-refractivity contribution in [1.82, 2.24) is 15.6 Å². The third-order valence-electron chi connectivity index (χ3n) is 6.98. The van der Waals surface area contributed by atoms with E-state index in [9.17, 15) is 18.8 Å². The van der Waals surface area contributed by atoms with Crippen LogP contribution in [-0.4, -0.2) is 29.4 Å². The summed E-state index contributed by atoms with van der Waals surface area (Å²) in [6.07, 6.45) is 1.76. The van der Waals surface area contributed by atoms with Gasteiger partial charge in [-0.05, 0) is 60.4 Å². The van der Waals surface area contributed by atoms with E-state index in [4.69, 9.17) is 14.1 Å². The zero-order valence-electron chi connectivity index (χ0n) is 23.0. The fourth-order valence-corrected chi connectivity index (χ4v) is 4.98. The van der Waals surface area contributed by atoms with Gasteiger partial charge in [0.05, 0.1) is 48.0 Å². The maximum absolute atomic E-state index is 13.6. The number of carbonyl (C=O) groups is 3. The lowest BCUT2D eigenvalue weighted by atomic mass is 9.88. The lowest BCUT2D eigenvalue weighted by Gasteiger charge is -2.20. The molecule has 3 heterocycles. The van der Waals surface area contributed by atoms with Crippen molar-refractivity contribution in [3.05, 3.63) is 112 Å². The minimum Gasteiger partial charge on any atom is -0.467 e. The van der Waals surface area contributed by atoms with E-state index >= 15 is 0 Å². The number of benzene rings is 2. The largest absolute Gasteiger partial charge is 0.467 e. The van der Waals surface area contributed by atoms with Crippen LogP contribution in [0.5, 0.6) is 0 Å². The number of carbonyl (C=O) groups excluding carboxylic acids is 3. The van der Waals surface area contributed by atoms with Gasteiger partial charge in [0, 0.05) is 17.5 Å². The van der Waals surface area contributed by atoms with Crippen molar-refractivity contribution >= 4 is 17.8 Å². The molecule has 2 aromatic carbocycles. The Bertz CT molecular complexity index is 1580. The molecule has 1 unspecified atom stereocenters. The summed E-state index contributed by atoms with van der Waals surface area (Å²) in [5.41, 5.74) is 3.56. The molecule has 9 heteroatoms. The molecule has 0 radical (unpaired) electrons. The van der Waals surface area contributed by atoms with Gasteiger partial charge in [-0.3, -0.25) is 14.6 Å². The number of ether oxygens (including phenoxy) is 1. The molecule has 0 saturated carbocycles. The molecule has 0 bridgehead atoms. The van der Waals surface area contributed by atoms with Crippen molar-refractivity contribution in [3.8, 4) is 11.1 Å². The molecule has 2 amide bonds. The van der Waals surface area contributed by atoms with Gasteiger partial charge in [-0.2, -0.15) is 0 Å². The summed E-state index contributed by atoms with van der Waals surface area (Å²) in [5, 5.41) is 5.82. The molecule has 1 atom stereocenters. The van der Waals surface area contributed by atoms with Crippen molar-refractivity contribution in [2.24, 2.45) is 5.92 Å². The van der Waals surface area contributed by atoms with Crippen LogP contribution in [0.1, 0.15) is 80.6 Å². The van der Waals surface area contributed by atoms with Crippen LogP contribution in [0.25, 0.3) is 11.1 Å². The standard InChI is InChI=1S/C32H30FN3O5/c1-4-40-32(39)26-24(16-19-7-13-22(33)14-8-19)35-29-27(31(38)36-28(29)18(2)3)25(26)20-9-11-21(12-10-20)30(37)34-17-23-6-5-15-41-23/h5-15,18,28H,4,16-17H2,1-3H3,(H,34,37)(H,36,38). The summed E-state index contributed by atoms with van der Waals surface area (Å²) < 4.78 is 24.3. The SMILES string of the molecule is CCOC(=O)c1c(Cc2ccc(F)cc2)nc2c(c1-c1ccc(C(=O)NCc3ccco3)cc1)C(=O)NC2C(C)C. The minimum atomic E-state index is -0.615. The predicted molar refractivity (Wildman–Crippen MR) is 150 cm³/mol. The van der Waals surface area contributed by atoms with E-state index in [1.807, 2.05) is 13.8 Å². The highest BCUT2D eigenvalue weighted by Gasteiger charge is 2.38. The number of nitrogens with one attached hydrogen (secondary N) is 2. The molecular formula is C32H30FN3O5. The molecule has 2 aromatic heterocycles. The van der Waals surface area contributed by atoms with Crippen LogP contribution in [0, 0.1) is 11.7 Å². The first-order chi connectivity index (χ1) is 19.8. The average molecular weight is 556 g/mol. The third-order valence-corrected chi connectivity index (χ3v) is 6.98. The van der Waals surface area contributed by atoms with Gasteiger partial charge in [-0.15, -0.1) is 0 Å². The number of amides is 2. The van der Waals surface area contributed by atoms with E-state index in [-0.39, 0.29) is 54.7 Å². The summed E-state index contributed by atoms with van der Waals surface area (Å²) in [6, 6.07) is 15.8. The molecule has 4 aromatic rings. The van der Waals surface area contributed by atoms with Crippen molar-refractivity contribution in [2.75, 3.05) is 6.61 Å². The molecule has 0 saturated heterocycles. The number of aromatic nitrogens is 1. The van der Waals surface area contributed by atoms with Crippen molar-refractivity contribution in [3.63, 3.8) is 0 Å². The van der Waals surface area contributed by atoms with Gasteiger partial charge in [-0.1, -0.05) is 38.1 Å². The fraction of sp³-hybridized carbons (Fsp3) is 0.250. The Kier molecular flexibility index (Phi) is 7.96. The highest BCUT2D eigenvalue weighted by Crippen LogP contribution is 2.40. The summed E-state index contributed by atoms with van der Waals surface area (Å²) >= 11 is 0. The van der Waals surface area contributed by atoms with Gasteiger partial charge in [0.1, 0.15) is 11.6 Å². The lowest BCUT2D eigenvalue weighted by Crippen LogP contribution is -2.23. The van der Waals surface area contributed by atoms with Crippen LogP contribution in [0.4, 0.5) is 4.39 Å². The molecule has 8 nitrogen and oxygen atoms in total. The fourth-order valence-electron chi connectivity index (χ4n) is 4.98. The first kappa shape index (κ1) is 27.8. The maximum atomic E-state index is 13.6. The Morgan fingerprint density at radius 2 is 1.80 bits per heavy atom. The Hall–Kier alpha value is -4.79. The summed E-state index contributed by atoms with van der Waals surface area (Å²) in [6.45, 7) is 6.03. The average Bonchev–Trinajstić information content (AvgIpc) is 3.60. The highest BCUT2D eigenvalue weighted by atomic mass is 19.1. The van der Waals surface area contributed by atoms with Crippen molar-refractivity contribution in [1.29, 1.82) is 0 Å². The Morgan fingerprint density at radius 1 is 1.07 bits per heavy atom. The van der Waals surface area contributed by atoms with Gasteiger partial charge in [0.15, 0.2) is 0 Å². The molecule has 5 rings (SSSR count). The zero-order chi connectivity index (χ0) is 29.1. The molecule has 0 aliphatic carbocycles. The molecule has 1 aliphatic rings. The van der Waals surface area contributed by atoms with E-state index in [1.165, 1.54) is 18.4 Å². The Labute approximate surface area is 236 Å². The van der Waals surface area contributed by atoms with Crippen LogP contribution in [0.2, 0.25) is 0 Å². The number of halogens is 1. The third kappa shape index (κ3) is 5.75. The van der Waals surface area contributed by atoms with Gasteiger partial charge >= 0.3 is 5.97 Å². The van der Waals surface area contributed by atoms with Crippen LogP contribution in [0.3, 0.4) is 0 Å². The van der Waals surface area contributed by atoms with E-state index in [2.05, 4.69) is 10.6 Å². The van der Waals surface area contributed by atoms with Gasteiger partial charge < -0.3 is 19.8 Å². The first-order valence-electron chi connectivity index (χ1n) is 13.5. The van der Waals surface area contributed by atoms with Crippen molar-refractivity contribution in [2.45, 2.75) is 39.8 Å². The second-order valence-electron chi connectivity index (χ2n) is 10.1. The second kappa shape index (κ2) is 11.8.